The highest BCUT2D eigenvalue weighted by Gasteiger charge is 3.01. The van der Waals surface area contributed by atoms with Crippen LogP contribution in [0.3, 0.4) is 0 Å². The lowest BCUT2D eigenvalue weighted by Gasteiger charge is -2.43. The number of phenolic OH excluding ortho intramolecular Hbond substituents is 1. The zero-order valence-corrected chi connectivity index (χ0v) is 40.0. The number of hydrogen-bond donors (Lipinski definition) is 1. The molecule has 1 spiro atoms. The van der Waals surface area contributed by atoms with Crippen LogP contribution in [0.5, 0.6) is 11.5 Å². The van der Waals surface area contributed by atoms with E-state index in [4.69, 9.17) is 51.6 Å². The smallest absolute Gasteiger partial charge is 0.339 e. The second-order valence-corrected chi connectivity index (χ2v) is 20.9. The molecule has 15 nitrogen and oxygen atoms in total. The minimum atomic E-state index is -1.68. The zero-order chi connectivity index (χ0) is 48.5. The third-order valence-electron chi connectivity index (χ3n) is 16.4. The predicted molar refractivity (Wildman–Crippen MR) is 251 cm³/mol. The van der Waals surface area contributed by atoms with Crippen LogP contribution in [0.25, 0.3) is 21.5 Å². The van der Waals surface area contributed by atoms with Gasteiger partial charge in [0.1, 0.15) is 11.5 Å². The van der Waals surface area contributed by atoms with E-state index in [1.54, 1.807) is 17.0 Å². The van der Waals surface area contributed by atoms with Gasteiger partial charge in [0.2, 0.25) is 24.2 Å². The topological polar surface area (TPSA) is 185 Å². The number of benzene rings is 4. The van der Waals surface area contributed by atoms with E-state index in [1.165, 1.54) is 0 Å². The van der Waals surface area contributed by atoms with Crippen molar-refractivity contribution in [3.05, 3.63) is 71.8 Å². The number of fused-ring (bicyclic) bond motifs is 6. The van der Waals surface area contributed by atoms with Crippen LogP contribution in [0, 0.1) is 22.2 Å². The van der Waals surface area contributed by atoms with Gasteiger partial charge in [-0.1, -0.05) is 61.4 Å². The summed E-state index contributed by atoms with van der Waals surface area (Å²) >= 11 is 14.1. The number of methoxy groups -OCH3 is 1. The molecule has 4 saturated carbocycles. The van der Waals surface area contributed by atoms with Gasteiger partial charge in [0, 0.05) is 85.3 Å². The van der Waals surface area contributed by atoms with Crippen molar-refractivity contribution in [1.82, 2.24) is 0 Å². The van der Waals surface area contributed by atoms with E-state index < -0.39 is 70.8 Å². The Labute approximate surface area is 407 Å². The molecule has 7 aliphatic rings. The Balaban J connectivity index is 0.955. The van der Waals surface area contributed by atoms with Gasteiger partial charge in [0.25, 0.3) is 0 Å². The van der Waals surface area contributed by atoms with Crippen molar-refractivity contribution in [1.29, 1.82) is 0 Å². The van der Waals surface area contributed by atoms with Gasteiger partial charge in [-0.3, -0.25) is 24.0 Å². The molecule has 362 valence electrons. The molecule has 11 rings (SSSR count). The monoisotopic (exact) mass is 982 g/mol. The summed E-state index contributed by atoms with van der Waals surface area (Å²) in [5, 5.41) is 13.7. The van der Waals surface area contributed by atoms with Gasteiger partial charge in [-0.2, -0.15) is 0 Å². The highest BCUT2D eigenvalue weighted by molar-refractivity contribution is 6.22. The summed E-state index contributed by atoms with van der Waals surface area (Å²) in [7, 11) is 1.11. The Morgan fingerprint density at radius 1 is 0.739 bits per heavy atom. The molecule has 69 heavy (non-hydrogen) atoms. The Hall–Kier alpha value is -5.64. The number of ether oxygens (including phenoxy) is 6. The van der Waals surface area contributed by atoms with E-state index >= 15 is 4.79 Å². The van der Waals surface area contributed by atoms with Crippen molar-refractivity contribution in [2.45, 2.75) is 114 Å². The molecule has 11 atom stereocenters. The maximum Gasteiger partial charge on any atom is 0.339 e. The second-order valence-electron chi connectivity index (χ2n) is 20.1. The summed E-state index contributed by atoms with van der Waals surface area (Å²) in [6, 6.07) is 18.5. The molecule has 4 aliphatic carbocycles. The van der Waals surface area contributed by atoms with Crippen molar-refractivity contribution < 1.29 is 62.3 Å². The van der Waals surface area contributed by atoms with Crippen LogP contribution < -0.4 is 14.5 Å². The van der Waals surface area contributed by atoms with Crippen molar-refractivity contribution in [3.63, 3.8) is 0 Å². The summed E-state index contributed by atoms with van der Waals surface area (Å²) in [6.45, 7) is 4.03. The maximum atomic E-state index is 15.5. The van der Waals surface area contributed by atoms with Crippen LogP contribution in [0.2, 0.25) is 0 Å². The van der Waals surface area contributed by atoms with Crippen molar-refractivity contribution in [2.75, 3.05) is 35.9 Å². The second kappa shape index (κ2) is 16.5. The lowest BCUT2D eigenvalue weighted by Crippen LogP contribution is -2.64. The molecule has 1 N–H and O–H groups in total. The third-order valence-corrected chi connectivity index (χ3v) is 17.4. The number of phenols is 1. The lowest BCUT2D eigenvalue weighted by atomic mass is 9.72. The number of anilines is 2. The number of halogens is 2. The van der Waals surface area contributed by atoms with Gasteiger partial charge < -0.3 is 43.3 Å². The van der Waals surface area contributed by atoms with Crippen molar-refractivity contribution in [3.8, 4) is 11.5 Å². The molecule has 2 amide bonds. The van der Waals surface area contributed by atoms with Gasteiger partial charge in [-0.05, 0) is 59.9 Å². The largest absolute Gasteiger partial charge is 0.507 e. The number of carbonyl (C=O) groups is 6. The molecule has 1 saturated heterocycles. The van der Waals surface area contributed by atoms with Gasteiger partial charge in [-0.25, -0.2) is 4.79 Å². The first-order valence-corrected chi connectivity index (χ1v) is 24.6. The Bertz CT molecular complexity index is 2890. The van der Waals surface area contributed by atoms with Crippen LogP contribution >= 0.6 is 23.2 Å². The van der Waals surface area contributed by atoms with E-state index in [0.717, 1.165) is 75.5 Å². The van der Waals surface area contributed by atoms with Gasteiger partial charge in [0.05, 0.1) is 29.3 Å². The van der Waals surface area contributed by atoms with E-state index in [-0.39, 0.29) is 46.4 Å². The highest BCUT2D eigenvalue weighted by atomic mass is 35.5. The predicted octanol–water partition coefficient (Wildman–Crippen LogP) is 7.54. The summed E-state index contributed by atoms with van der Waals surface area (Å²) in [4.78, 5) is 85.0. The van der Waals surface area contributed by atoms with Gasteiger partial charge in [-0.15, -0.1) is 23.2 Å². The first-order chi connectivity index (χ1) is 33.1. The quantitative estimate of drug-likeness (QED) is 0.0885. The number of esters is 4. The summed E-state index contributed by atoms with van der Waals surface area (Å²) in [5.74, 6) is -3.15. The van der Waals surface area contributed by atoms with Crippen LogP contribution in [-0.4, -0.2) is 103 Å². The number of carbonyl (C=O) groups excluding carboxylic acids is 6. The van der Waals surface area contributed by atoms with Gasteiger partial charge in [0.15, 0.2) is 18.3 Å². The molecule has 4 unspecified atom stereocenters. The first-order valence-electron chi connectivity index (χ1n) is 23.6. The van der Waals surface area contributed by atoms with Crippen LogP contribution in [0.15, 0.2) is 60.7 Å². The first kappa shape index (κ1) is 45.8. The third kappa shape index (κ3) is 6.76. The molecule has 4 aromatic carbocycles. The summed E-state index contributed by atoms with van der Waals surface area (Å²) in [6.07, 6.45) is -2.45. The van der Waals surface area contributed by atoms with Crippen LogP contribution in [0.1, 0.15) is 88.7 Å². The molecule has 5 fully saturated rings. The molecule has 3 heterocycles. The molecule has 0 radical (unpaired) electrons. The molecule has 4 aromatic rings. The number of alkyl halides is 2. The molecular formula is C52H52Cl2N2O13. The number of rotatable bonds is 11. The number of hydrogen-bond acceptors (Lipinski definition) is 13. The summed E-state index contributed by atoms with van der Waals surface area (Å²) < 4.78 is 34.7. The van der Waals surface area contributed by atoms with E-state index in [1.807, 2.05) is 53.4 Å². The maximum absolute atomic E-state index is 15.5. The fourth-order valence-corrected chi connectivity index (χ4v) is 14.2. The SMILES string of the molecule is COC(=O)[C@H]1O[C@@H](Oc2cc3c(c4ccccc24)[C@H](C(Cl)C2CCCC2)CN3C(=O)C23CC4(C(=O)N5C[C@@H](CCl)c6c5cc(O)c5ccccc65)CC42C3)[C@H](OC(C)=O)[C@@H](OC(C)=O)[C@@H]1OC(C)=O. The minimum Gasteiger partial charge on any atom is -0.507 e. The van der Waals surface area contributed by atoms with E-state index in [9.17, 15) is 29.1 Å². The minimum absolute atomic E-state index is 0.0431. The Kier molecular flexibility index (Phi) is 10.9. The van der Waals surface area contributed by atoms with Crippen LogP contribution in [0.4, 0.5) is 11.4 Å². The summed E-state index contributed by atoms with van der Waals surface area (Å²) in [5.41, 5.74) is 1.06. The lowest BCUT2D eigenvalue weighted by molar-refractivity contribution is -0.282. The Morgan fingerprint density at radius 3 is 1.88 bits per heavy atom. The van der Waals surface area contributed by atoms with Gasteiger partial charge >= 0.3 is 23.9 Å². The molecular weight excluding hydrogens is 931 g/mol. The number of nitrogens with zero attached hydrogens (tertiary/aromatic N) is 2. The standard InChI is InChI=1S/C52H52Cl2N2O13/c1-25(57)65-42-43(66-26(2)58)45(67-27(3)59)47(69-44(42)46(61)64-4)68-38-18-36-40(33-16-10-8-14-31(33)38)34(41(54)28-11-5-6-12-28)21-56(36)49(63)51-22-50(23-52(50,51)24-51)48(62)55-20-29(19-53)39-32-15-9-7-13-30(32)37(60)17-35(39)55/h7-10,13-18,28-29,34,41-45,47,60H,5-6,11-12,19-24H2,1-4H3/t29-,34-,41?,42+,43+,44+,45-,47-,50?,51?,52?/m1/s1. The average molecular weight is 984 g/mol. The van der Waals surface area contributed by atoms with Crippen molar-refractivity contribution >= 4 is 91.8 Å². The average Bonchev–Trinajstić information content (AvgIpc) is 3.73. The van der Waals surface area contributed by atoms with Crippen LogP contribution in [-0.2, 0) is 52.5 Å². The Morgan fingerprint density at radius 2 is 1.29 bits per heavy atom. The zero-order valence-electron chi connectivity index (χ0n) is 38.5. The fourth-order valence-electron chi connectivity index (χ4n) is 13.4. The van der Waals surface area contributed by atoms with E-state index in [0.29, 0.717) is 60.4 Å². The highest BCUT2D eigenvalue weighted by Crippen LogP contribution is 3.01. The molecule has 0 aromatic heterocycles. The number of amides is 2. The molecule has 3 aliphatic heterocycles. The number of aromatic hydroxyl groups is 1. The molecule has 17 heteroatoms. The normalized spacial score (nSPS) is 31.9. The fraction of sp³-hybridized carbons (Fsp3) is 0.500. The van der Waals surface area contributed by atoms with E-state index in [2.05, 4.69) is 0 Å². The molecule has 0 bridgehead atoms. The van der Waals surface area contributed by atoms with Crippen molar-refractivity contribution in [2.24, 2.45) is 22.2 Å².